The van der Waals surface area contributed by atoms with Crippen molar-refractivity contribution in [2.24, 2.45) is 0 Å². The van der Waals surface area contributed by atoms with E-state index in [1.165, 1.54) is 34.0 Å². The predicted octanol–water partition coefficient (Wildman–Crippen LogP) is 4.69. The van der Waals surface area contributed by atoms with Crippen molar-refractivity contribution in [1.29, 1.82) is 0 Å². The van der Waals surface area contributed by atoms with Crippen molar-refractivity contribution >= 4 is 16.7 Å². The lowest BCUT2D eigenvalue weighted by Crippen LogP contribution is -2.27. The molecule has 0 bridgehead atoms. The van der Waals surface area contributed by atoms with E-state index >= 15 is 0 Å². The molecule has 2 N–H and O–H groups in total. The van der Waals surface area contributed by atoms with Gasteiger partial charge in [-0.2, -0.15) is 0 Å². The number of fused-ring (bicyclic) bond motifs is 2. The first-order chi connectivity index (χ1) is 14.3. The van der Waals surface area contributed by atoms with Gasteiger partial charge in [-0.15, -0.1) is 0 Å². The number of nitrogens with zero attached hydrogens (tertiary/aromatic N) is 1. The third kappa shape index (κ3) is 5.01. The van der Waals surface area contributed by atoms with Crippen molar-refractivity contribution in [3.8, 4) is 0 Å². The Morgan fingerprint density at radius 1 is 1.03 bits per heavy atom. The zero-order chi connectivity index (χ0) is 19.9. The van der Waals surface area contributed by atoms with Crippen LogP contribution in [0.4, 0.5) is 0 Å². The molecule has 4 rings (SSSR count). The van der Waals surface area contributed by atoms with E-state index in [-0.39, 0.29) is 5.91 Å². The number of carbonyl (C=O) groups is 1. The van der Waals surface area contributed by atoms with Crippen molar-refractivity contribution in [3.05, 3.63) is 77.6 Å². The molecule has 1 atom stereocenters. The highest BCUT2D eigenvalue weighted by Gasteiger charge is 2.20. The summed E-state index contributed by atoms with van der Waals surface area (Å²) in [5.41, 5.74) is 3.76. The second-order valence-corrected chi connectivity index (χ2v) is 7.82. The Hall–Kier alpha value is -2.72. The van der Waals surface area contributed by atoms with Crippen LogP contribution in [0.3, 0.4) is 0 Å². The fourth-order valence-electron chi connectivity index (χ4n) is 4.22. The summed E-state index contributed by atoms with van der Waals surface area (Å²) in [7, 11) is 0. The maximum Gasteiger partial charge on any atom is 0.220 e. The van der Waals surface area contributed by atoms with Gasteiger partial charge in [0.05, 0.1) is 5.69 Å². The van der Waals surface area contributed by atoms with E-state index < -0.39 is 0 Å². The van der Waals surface area contributed by atoms with Crippen LogP contribution in [0.1, 0.15) is 55.0 Å². The summed E-state index contributed by atoms with van der Waals surface area (Å²) in [4.78, 5) is 16.8. The van der Waals surface area contributed by atoms with Crippen LogP contribution in [0, 0.1) is 0 Å². The van der Waals surface area contributed by atoms with Crippen molar-refractivity contribution in [2.45, 2.75) is 51.1 Å². The number of hydrogen-bond donors (Lipinski definition) is 2. The van der Waals surface area contributed by atoms with Crippen LogP contribution in [-0.4, -0.2) is 17.4 Å². The summed E-state index contributed by atoms with van der Waals surface area (Å²) >= 11 is 0. The molecular formula is C25H29N3O. The number of aryl methyl sites for hydroxylation is 1. The Balaban J connectivity index is 1.17. The molecule has 0 fully saturated rings. The molecule has 4 heteroatoms. The van der Waals surface area contributed by atoms with Gasteiger partial charge in [-0.25, -0.2) is 0 Å². The molecule has 1 aliphatic carbocycles. The summed E-state index contributed by atoms with van der Waals surface area (Å²) in [5, 5.41) is 9.13. The average Bonchev–Trinajstić information content (AvgIpc) is 2.77. The molecule has 1 aliphatic rings. The fraction of sp³-hybridized carbons (Fsp3) is 0.360. The first-order valence-electron chi connectivity index (χ1n) is 10.7. The van der Waals surface area contributed by atoms with Crippen molar-refractivity contribution < 1.29 is 4.79 Å². The molecule has 1 heterocycles. The van der Waals surface area contributed by atoms with Gasteiger partial charge in [-0.05, 0) is 66.6 Å². The first kappa shape index (κ1) is 19.6. The molecule has 0 saturated heterocycles. The zero-order valence-corrected chi connectivity index (χ0v) is 16.9. The average molecular weight is 388 g/mol. The number of pyridine rings is 1. The van der Waals surface area contributed by atoms with Gasteiger partial charge in [0, 0.05) is 25.2 Å². The lowest BCUT2D eigenvalue weighted by Gasteiger charge is -2.25. The van der Waals surface area contributed by atoms with Crippen molar-refractivity contribution in [3.63, 3.8) is 0 Å². The Labute approximate surface area is 172 Å². The van der Waals surface area contributed by atoms with Gasteiger partial charge < -0.3 is 10.6 Å². The highest BCUT2D eigenvalue weighted by molar-refractivity contribution is 5.86. The first-order valence-corrected chi connectivity index (χ1v) is 10.7. The van der Waals surface area contributed by atoms with Crippen molar-refractivity contribution in [2.75, 3.05) is 6.54 Å². The molecule has 150 valence electrons. The maximum absolute atomic E-state index is 12.2. The molecule has 0 aliphatic heterocycles. The minimum atomic E-state index is 0.127. The Bertz CT molecular complexity index is 964. The fourth-order valence-corrected chi connectivity index (χ4v) is 4.22. The van der Waals surface area contributed by atoms with Gasteiger partial charge in [0.2, 0.25) is 5.91 Å². The standard InChI is InChI=1S/C25H29N3O/c29-24(28-18-21-11-5-9-19-8-1-2-13-22(19)21)15-3-4-16-26-23-14-6-10-20-12-7-17-27-25(20)23/h1-2,5,7-9,11-13,17,23,26H,3-4,6,10,14-16,18H2,(H,28,29). The summed E-state index contributed by atoms with van der Waals surface area (Å²) in [6.45, 7) is 1.51. The van der Waals surface area contributed by atoms with E-state index in [4.69, 9.17) is 0 Å². The van der Waals surface area contributed by atoms with Crippen LogP contribution in [0.5, 0.6) is 0 Å². The number of hydrogen-bond acceptors (Lipinski definition) is 3. The molecule has 4 nitrogen and oxygen atoms in total. The van der Waals surface area contributed by atoms with E-state index in [0.29, 0.717) is 19.0 Å². The SMILES string of the molecule is O=C(CCCCNC1CCCc2cccnc21)NCc1cccc2ccccc12. The Morgan fingerprint density at radius 3 is 2.90 bits per heavy atom. The van der Waals surface area contributed by atoms with Crippen LogP contribution in [0.15, 0.2) is 60.8 Å². The number of nitrogens with one attached hydrogen (secondary N) is 2. The Kier molecular flexibility index (Phi) is 6.52. The minimum Gasteiger partial charge on any atom is -0.352 e. The van der Waals surface area contributed by atoms with E-state index in [0.717, 1.165) is 32.2 Å². The molecule has 1 aromatic heterocycles. The monoisotopic (exact) mass is 387 g/mol. The number of rotatable bonds is 8. The number of benzene rings is 2. The second kappa shape index (κ2) is 9.66. The number of unbranched alkanes of at least 4 members (excludes halogenated alkanes) is 1. The summed E-state index contributed by atoms with van der Waals surface area (Å²) in [6.07, 6.45) is 7.86. The topological polar surface area (TPSA) is 54.0 Å². The maximum atomic E-state index is 12.2. The Morgan fingerprint density at radius 2 is 1.93 bits per heavy atom. The third-order valence-electron chi connectivity index (χ3n) is 5.77. The smallest absolute Gasteiger partial charge is 0.220 e. The highest BCUT2D eigenvalue weighted by atomic mass is 16.1. The van der Waals surface area contributed by atoms with Gasteiger partial charge >= 0.3 is 0 Å². The second-order valence-electron chi connectivity index (χ2n) is 7.82. The summed E-state index contributed by atoms with van der Waals surface area (Å²) in [5.74, 6) is 0.127. The zero-order valence-electron chi connectivity index (χ0n) is 16.9. The largest absolute Gasteiger partial charge is 0.352 e. The van der Waals surface area contributed by atoms with Crippen molar-refractivity contribution in [1.82, 2.24) is 15.6 Å². The van der Waals surface area contributed by atoms with Crippen LogP contribution in [0.2, 0.25) is 0 Å². The summed E-state index contributed by atoms with van der Waals surface area (Å²) in [6, 6.07) is 19.1. The molecule has 0 saturated carbocycles. The molecule has 0 radical (unpaired) electrons. The lowest BCUT2D eigenvalue weighted by molar-refractivity contribution is -0.121. The minimum absolute atomic E-state index is 0.127. The number of amides is 1. The molecular weight excluding hydrogens is 358 g/mol. The number of carbonyl (C=O) groups excluding carboxylic acids is 1. The normalized spacial score (nSPS) is 15.8. The van der Waals surface area contributed by atoms with Gasteiger partial charge in [0.15, 0.2) is 0 Å². The lowest BCUT2D eigenvalue weighted by atomic mass is 9.92. The third-order valence-corrected chi connectivity index (χ3v) is 5.77. The van der Waals surface area contributed by atoms with Crippen LogP contribution < -0.4 is 10.6 Å². The van der Waals surface area contributed by atoms with Crippen LogP contribution >= 0.6 is 0 Å². The summed E-state index contributed by atoms with van der Waals surface area (Å²) < 4.78 is 0. The number of aromatic nitrogens is 1. The molecule has 1 amide bonds. The van der Waals surface area contributed by atoms with E-state index in [2.05, 4.69) is 45.9 Å². The molecule has 1 unspecified atom stereocenters. The van der Waals surface area contributed by atoms with Gasteiger partial charge in [0.1, 0.15) is 0 Å². The van der Waals surface area contributed by atoms with Crippen LogP contribution in [-0.2, 0) is 17.8 Å². The quantitative estimate of drug-likeness (QED) is 0.552. The van der Waals surface area contributed by atoms with Gasteiger partial charge in [0.25, 0.3) is 0 Å². The predicted molar refractivity (Wildman–Crippen MR) is 118 cm³/mol. The van der Waals surface area contributed by atoms with Gasteiger partial charge in [-0.3, -0.25) is 9.78 Å². The molecule has 29 heavy (non-hydrogen) atoms. The molecule has 2 aromatic carbocycles. The van der Waals surface area contributed by atoms with E-state index in [1.54, 1.807) is 0 Å². The molecule has 3 aromatic rings. The van der Waals surface area contributed by atoms with Gasteiger partial charge in [-0.1, -0.05) is 48.5 Å². The molecule has 0 spiro atoms. The highest BCUT2D eigenvalue weighted by Crippen LogP contribution is 2.27. The van der Waals surface area contributed by atoms with Crippen LogP contribution in [0.25, 0.3) is 10.8 Å². The van der Waals surface area contributed by atoms with E-state index in [9.17, 15) is 4.79 Å². The van der Waals surface area contributed by atoms with E-state index in [1.807, 2.05) is 30.5 Å².